The second kappa shape index (κ2) is 9.57. The van der Waals surface area contributed by atoms with Gasteiger partial charge in [-0.2, -0.15) is 0 Å². The first-order valence-electron chi connectivity index (χ1n) is 10.0. The summed E-state index contributed by atoms with van der Waals surface area (Å²) < 4.78 is 58.4. The van der Waals surface area contributed by atoms with E-state index in [-0.39, 0.29) is 18.9 Å². The van der Waals surface area contributed by atoms with Gasteiger partial charge in [0.1, 0.15) is 30.3 Å². The summed E-state index contributed by atoms with van der Waals surface area (Å²) in [7, 11) is -4.07. The molecule has 180 valence electrons. The average molecular weight is 498 g/mol. The van der Waals surface area contributed by atoms with Gasteiger partial charge >= 0.3 is 0 Å². The molecule has 0 atom stereocenters. The minimum Gasteiger partial charge on any atom is -0.490 e. The summed E-state index contributed by atoms with van der Waals surface area (Å²) in [5.74, 6) is 0.212. The van der Waals surface area contributed by atoms with E-state index in [1.165, 1.54) is 24.5 Å². The van der Waals surface area contributed by atoms with Crippen molar-refractivity contribution in [3.05, 3.63) is 48.0 Å². The molecule has 0 aliphatic heterocycles. The molecule has 0 saturated carbocycles. The van der Waals surface area contributed by atoms with Gasteiger partial charge in [-0.25, -0.2) is 27.5 Å². The fourth-order valence-corrected chi connectivity index (χ4v) is 4.29. The highest BCUT2D eigenvalue weighted by Gasteiger charge is 2.16. The normalized spacial score (nSPS) is 12.5. The second-order valence-electron chi connectivity index (χ2n) is 7.98. The topological polar surface area (TPSA) is 114 Å². The summed E-state index contributed by atoms with van der Waals surface area (Å²) in [6.07, 6.45) is 5.85. The Hall–Kier alpha value is -2.83. The molecular formula is C21H28FN5O4S2. The molecule has 3 rings (SSSR count). The van der Waals surface area contributed by atoms with E-state index in [0.29, 0.717) is 17.0 Å². The Labute approximate surface area is 194 Å². The van der Waals surface area contributed by atoms with Gasteiger partial charge in [-0.1, -0.05) is 0 Å². The minimum atomic E-state index is -3.35. The van der Waals surface area contributed by atoms with E-state index in [9.17, 15) is 17.0 Å². The molecule has 0 aliphatic carbocycles. The molecule has 1 heterocycles. The first-order valence-corrected chi connectivity index (χ1v) is 14.5. The zero-order valence-electron chi connectivity index (χ0n) is 19.1. The third-order valence-electron chi connectivity index (χ3n) is 4.94. The highest BCUT2D eigenvalue weighted by atomic mass is 32.3. The maximum Gasteiger partial charge on any atom is 0.208 e. The van der Waals surface area contributed by atoms with Crippen molar-refractivity contribution in [2.24, 2.45) is 0 Å². The molecule has 0 spiro atoms. The van der Waals surface area contributed by atoms with Crippen LogP contribution in [0.1, 0.15) is 5.56 Å². The highest BCUT2D eigenvalue weighted by Crippen LogP contribution is 2.34. The lowest BCUT2D eigenvalue weighted by molar-refractivity contribution is 0.323. The fraction of sp³-hybridized carbons (Fsp3) is 0.333. The van der Waals surface area contributed by atoms with Gasteiger partial charge in [0.05, 0.1) is 17.5 Å². The lowest BCUT2D eigenvalue weighted by Gasteiger charge is -2.29. The van der Waals surface area contributed by atoms with E-state index in [0.717, 1.165) is 22.9 Å². The third kappa shape index (κ3) is 6.36. The number of sulfonamides is 1. The molecule has 1 aromatic heterocycles. The number of nitrogens with one attached hydrogen (secondary N) is 2. The molecule has 2 N–H and O–H groups in total. The molecule has 0 unspecified atom stereocenters. The van der Waals surface area contributed by atoms with Crippen LogP contribution in [0, 0.1) is 12.7 Å². The van der Waals surface area contributed by atoms with E-state index in [1.807, 2.05) is 19.1 Å². The number of hydrogen-bond acceptors (Lipinski definition) is 7. The van der Waals surface area contributed by atoms with Crippen LogP contribution in [0.3, 0.4) is 0 Å². The van der Waals surface area contributed by atoms with Gasteiger partial charge in [0.2, 0.25) is 10.0 Å². The van der Waals surface area contributed by atoms with Crippen LogP contribution < -0.4 is 19.1 Å². The van der Waals surface area contributed by atoms with Crippen LogP contribution in [-0.4, -0.2) is 61.6 Å². The van der Waals surface area contributed by atoms with Gasteiger partial charge in [-0.15, -0.1) is 0 Å². The van der Waals surface area contributed by atoms with Crippen LogP contribution >= 0.6 is 0 Å². The number of aryl methyl sites for hydroxylation is 1. The SMILES string of the molecule is Cc1cc(N(C)[SH](C)(C)=O)cc2ncnc(Nc3ccc(F)cc3OCCNS(C)(=O)=O)c12. The Morgan fingerprint density at radius 1 is 1.18 bits per heavy atom. The van der Waals surface area contributed by atoms with Crippen molar-refractivity contribution in [3.8, 4) is 5.75 Å². The molecule has 0 amide bonds. The zero-order valence-corrected chi connectivity index (χ0v) is 20.8. The molecule has 0 radical (unpaired) electrons. The molecule has 2 aromatic carbocycles. The first-order chi connectivity index (χ1) is 15.3. The van der Waals surface area contributed by atoms with Crippen molar-refractivity contribution in [1.82, 2.24) is 14.7 Å². The number of halogens is 1. The van der Waals surface area contributed by atoms with Crippen LogP contribution in [0.15, 0.2) is 36.7 Å². The minimum absolute atomic E-state index is 0.0124. The van der Waals surface area contributed by atoms with Gasteiger partial charge < -0.3 is 14.4 Å². The molecule has 0 fully saturated rings. The predicted octanol–water partition coefficient (Wildman–Crippen LogP) is 2.38. The summed E-state index contributed by atoms with van der Waals surface area (Å²) >= 11 is 0. The molecule has 12 heteroatoms. The molecular weight excluding hydrogens is 469 g/mol. The van der Waals surface area contributed by atoms with E-state index in [2.05, 4.69) is 20.0 Å². The monoisotopic (exact) mass is 497 g/mol. The highest BCUT2D eigenvalue weighted by molar-refractivity contribution is 8.03. The number of ether oxygens (including phenoxy) is 1. The Bertz CT molecular complexity index is 1330. The average Bonchev–Trinajstić information content (AvgIpc) is 2.70. The van der Waals surface area contributed by atoms with Gasteiger partial charge in [0.15, 0.2) is 0 Å². The van der Waals surface area contributed by atoms with Crippen molar-refractivity contribution >= 4 is 48.2 Å². The molecule has 0 saturated heterocycles. The number of hydrogen-bond donors (Lipinski definition) is 3. The number of rotatable bonds is 9. The van der Waals surface area contributed by atoms with Crippen LogP contribution in [0.25, 0.3) is 10.9 Å². The van der Waals surface area contributed by atoms with E-state index in [4.69, 9.17) is 4.74 Å². The van der Waals surface area contributed by atoms with Crippen molar-refractivity contribution < 1.29 is 21.8 Å². The number of aromatic nitrogens is 2. The summed E-state index contributed by atoms with van der Waals surface area (Å²) in [4.78, 5) is 8.71. The third-order valence-corrected chi connectivity index (χ3v) is 7.34. The fourth-order valence-electron chi connectivity index (χ4n) is 3.17. The summed E-state index contributed by atoms with van der Waals surface area (Å²) in [6.45, 7) is 1.96. The summed E-state index contributed by atoms with van der Waals surface area (Å²) in [6, 6.07) is 7.77. The van der Waals surface area contributed by atoms with E-state index >= 15 is 0 Å². The Morgan fingerprint density at radius 3 is 2.58 bits per heavy atom. The lowest BCUT2D eigenvalue weighted by Crippen LogP contribution is -2.30. The molecule has 0 bridgehead atoms. The van der Waals surface area contributed by atoms with Crippen LogP contribution in [0.4, 0.5) is 21.6 Å². The van der Waals surface area contributed by atoms with Crippen molar-refractivity contribution in [2.75, 3.05) is 48.6 Å². The summed E-state index contributed by atoms with van der Waals surface area (Å²) in [5, 5.41) is 3.93. The van der Waals surface area contributed by atoms with Gasteiger partial charge in [-0.3, -0.25) is 4.21 Å². The Kier molecular flexibility index (Phi) is 7.20. The van der Waals surface area contributed by atoms with E-state index in [1.54, 1.807) is 23.9 Å². The molecule has 0 aliphatic rings. The van der Waals surface area contributed by atoms with Crippen molar-refractivity contribution in [1.29, 1.82) is 0 Å². The predicted molar refractivity (Wildman–Crippen MR) is 132 cm³/mol. The molecule has 3 aromatic rings. The van der Waals surface area contributed by atoms with Gasteiger partial charge in [0.25, 0.3) is 0 Å². The van der Waals surface area contributed by atoms with E-state index < -0.39 is 26.0 Å². The smallest absolute Gasteiger partial charge is 0.208 e. The number of nitrogens with zero attached hydrogens (tertiary/aromatic N) is 3. The number of fused-ring (bicyclic) bond motifs is 1. The van der Waals surface area contributed by atoms with Gasteiger partial charge in [0, 0.05) is 43.2 Å². The Morgan fingerprint density at radius 2 is 1.91 bits per heavy atom. The second-order valence-corrected chi connectivity index (χ2v) is 13.0. The number of benzene rings is 2. The first kappa shape index (κ1) is 24.8. The number of anilines is 3. The van der Waals surface area contributed by atoms with Crippen LogP contribution in [0.2, 0.25) is 0 Å². The summed E-state index contributed by atoms with van der Waals surface area (Å²) in [5.41, 5.74) is 2.77. The van der Waals surface area contributed by atoms with Gasteiger partial charge in [-0.05, 0) is 46.9 Å². The maximum absolute atomic E-state index is 13.8. The van der Waals surface area contributed by atoms with Crippen molar-refractivity contribution in [3.63, 3.8) is 0 Å². The van der Waals surface area contributed by atoms with Crippen LogP contribution in [-0.2, 0) is 20.1 Å². The van der Waals surface area contributed by atoms with Crippen LogP contribution in [0.5, 0.6) is 5.75 Å². The molecule has 9 nitrogen and oxygen atoms in total. The van der Waals surface area contributed by atoms with Crippen molar-refractivity contribution in [2.45, 2.75) is 6.92 Å². The maximum atomic E-state index is 13.8. The largest absolute Gasteiger partial charge is 0.490 e. The zero-order chi connectivity index (χ0) is 24.4. The quantitative estimate of drug-likeness (QED) is 0.307. The standard InChI is InChI=1S/C21H28FN5O4S2/c1-14-10-16(27(2)32(3,4)28)12-18-20(14)21(24-13-23-18)26-17-7-6-15(22)11-19(17)31-9-8-25-33(5,29)30/h6-7,10-13,25,32H,8-9H2,1-5H3,(H,23,24,26). The lowest BCUT2D eigenvalue weighted by atomic mass is 10.1. The molecule has 33 heavy (non-hydrogen) atoms. The Balaban J connectivity index is 1.93. The number of thiol groups is 1.